The minimum atomic E-state index is -0.869. The molecule has 7 unspecified atom stereocenters. The van der Waals surface area contributed by atoms with Crippen molar-refractivity contribution in [3.05, 3.63) is 0 Å². The van der Waals surface area contributed by atoms with Gasteiger partial charge in [0.05, 0.1) is 24.2 Å². The molecule has 0 aliphatic heterocycles. The van der Waals surface area contributed by atoms with E-state index in [-0.39, 0.29) is 35.9 Å². The quantitative estimate of drug-likeness (QED) is 0.620. The van der Waals surface area contributed by atoms with E-state index in [0.717, 1.165) is 51.4 Å². The number of carboxylic acids is 1. The highest BCUT2D eigenvalue weighted by Gasteiger charge is 2.57. The molecule has 4 rings (SSSR count). The number of rotatable bonds is 5. The van der Waals surface area contributed by atoms with Gasteiger partial charge in [0.2, 0.25) is 0 Å². The lowest BCUT2D eigenvalue weighted by molar-refractivity contribution is -0.168. The zero-order chi connectivity index (χ0) is 21.4. The Hall–Kier alpha value is -1.31. The summed E-state index contributed by atoms with van der Waals surface area (Å²) in [6, 6.07) is -0.553. The summed E-state index contributed by atoms with van der Waals surface area (Å²) >= 11 is 0. The minimum Gasteiger partial charge on any atom is -0.481 e. The second-order valence-corrected chi connectivity index (χ2v) is 9.98. The molecular weight excluding hydrogens is 386 g/mol. The van der Waals surface area contributed by atoms with Crippen molar-refractivity contribution >= 4 is 17.5 Å². The van der Waals surface area contributed by atoms with E-state index in [0.29, 0.717) is 18.8 Å². The monoisotopic (exact) mass is 421 g/mol. The van der Waals surface area contributed by atoms with Gasteiger partial charge in [0.1, 0.15) is 11.6 Å². The third-order valence-corrected chi connectivity index (χ3v) is 8.20. The number of aliphatic carboxylic acids is 1. The molecule has 0 aromatic heterocycles. The Morgan fingerprint density at radius 1 is 0.967 bits per heavy atom. The Bertz CT molecular complexity index is 673. The van der Waals surface area contributed by atoms with Crippen molar-refractivity contribution in [1.82, 2.24) is 0 Å². The van der Waals surface area contributed by atoms with Crippen LogP contribution in [0.2, 0.25) is 0 Å². The van der Waals surface area contributed by atoms with Crippen LogP contribution in [0.25, 0.3) is 0 Å². The van der Waals surface area contributed by atoms with Crippen molar-refractivity contribution in [3.8, 4) is 0 Å². The van der Waals surface area contributed by atoms with Crippen LogP contribution < -0.4 is 5.73 Å². The first-order chi connectivity index (χ1) is 14.4. The molecule has 4 N–H and O–H groups in total. The highest BCUT2D eigenvalue weighted by atomic mass is 16.5. The Morgan fingerprint density at radius 2 is 1.57 bits per heavy atom. The molecule has 168 valence electrons. The molecule has 0 aromatic rings. The number of nitrogens with two attached hydrogens (primary N) is 1. The first-order valence-electron chi connectivity index (χ1n) is 11.7. The summed E-state index contributed by atoms with van der Waals surface area (Å²) in [5.41, 5.74) is 6.52. The van der Waals surface area contributed by atoms with Gasteiger partial charge in [-0.15, -0.1) is 0 Å². The summed E-state index contributed by atoms with van der Waals surface area (Å²) < 4.78 is 6.29. The average Bonchev–Trinajstić information content (AvgIpc) is 2.73. The van der Waals surface area contributed by atoms with Crippen LogP contribution in [-0.2, 0) is 19.1 Å². The summed E-state index contributed by atoms with van der Waals surface area (Å²) in [6.07, 6.45) is 6.93. The molecule has 0 spiro atoms. The highest BCUT2D eigenvalue weighted by molar-refractivity contribution is 6.00. The Kier molecular flexibility index (Phi) is 6.61. The number of fused-ring (bicyclic) bond motifs is 2. The molecule has 30 heavy (non-hydrogen) atoms. The number of hydrogen-bond donors (Lipinski definition) is 3. The molecule has 4 aliphatic rings. The number of carboxylic acid groups (broad SMARTS) is 1. The van der Waals surface area contributed by atoms with E-state index in [9.17, 15) is 19.5 Å². The number of hydrogen-bond acceptors (Lipinski definition) is 6. The normalized spacial score (nSPS) is 44.3. The molecule has 0 heterocycles. The molecule has 7 nitrogen and oxygen atoms in total. The molecule has 0 radical (unpaired) electrons. The van der Waals surface area contributed by atoms with Crippen LogP contribution in [0.1, 0.15) is 70.6 Å². The fourth-order valence-electron chi connectivity index (χ4n) is 6.57. The van der Waals surface area contributed by atoms with E-state index in [2.05, 4.69) is 0 Å². The van der Waals surface area contributed by atoms with Crippen LogP contribution in [0.4, 0.5) is 0 Å². The lowest BCUT2D eigenvalue weighted by atomic mass is 9.56. The largest absolute Gasteiger partial charge is 0.481 e. The number of ether oxygens (including phenoxy) is 1. The summed E-state index contributed by atoms with van der Waals surface area (Å²) in [7, 11) is 0. The lowest BCUT2D eigenvalue weighted by Gasteiger charge is -2.50. The molecular formula is C23H35NO6. The first kappa shape index (κ1) is 21.9. The maximum absolute atomic E-state index is 13.3. The Morgan fingerprint density at radius 3 is 2.17 bits per heavy atom. The summed E-state index contributed by atoms with van der Waals surface area (Å²) in [5, 5.41) is 19.7. The molecule has 4 aliphatic carbocycles. The maximum Gasteiger partial charge on any atom is 0.303 e. The lowest BCUT2D eigenvalue weighted by Crippen LogP contribution is -2.64. The molecule has 0 saturated heterocycles. The van der Waals surface area contributed by atoms with E-state index in [1.807, 2.05) is 0 Å². The zero-order valence-electron chi connectivity index (χ0n) is 17.6. The molecule has 7 atom stereocenters. The first-order valence-corrected chi connectivity index (χ1v) is 11.7. The van der Waals surface area contributed by atoms with Gasteiger partial charge < -0.3 is 20.7 Å². The van der Waals surface area contributed by atoms with Gasteiger partial charge >= 0.3 is 5.97 Å². The Balaban J connectivity index is 1.38. The summed E-state index contributed by atoms with van der Waals surface area (Å²) in [4.78, 5) is 37.1. The summed E-state index contributed by atoms with van der Waals surface area (Å²) in [5.74, 6) is -1.97. The van der Waals surface area contributed by atoms with Gasteiger partial charge in [-0.2, -0.15) is 0 Å². The summed E-state index contributed by atoms with van der Waals surface area (Å²) in [6.45, 7) is 0. The second-order valence-electron chi connectivity index (χ2n) is 9.98. The predicted molar refractivity (Wildman–Crippen MR) is 109 cm³/mol. The van der Waals surface area contributed by atoms with Gasteiger partial charge in [0.25, 0.3) is 0 Å². The molecule has 0 bridgehead atoms. The zero-order valence-corrected chi connectivity index (χ0v) is 17.6. The number of ketones is 2. The average molecular weight is 422 g/mol. The van der Waals surface area contributed by atoms with Crippen LogP contribution in [0.3, 0.4) is 0 Å². The van der Waals surface area contributed by atoms with Gasteiger partial charge in [-0.25, -0.2) is 0 Å². The van der Waals surface area contributed by atoms with Crippen molar-refractivity contribution in [3.63, 3.8) is 0 Å². The van der Waals surface area contributed by atoms with E-state index in [1.165, 1.54) is 0 Å². The van der Waals surface area contributed by atoms with Gasteiger partial charge in [-0.1, -0.05) is 12.8 Å². The fraction of sp³-hybridized carbons (Fsp3) is 0.870. The predicted octanol–water partition coefficient (Wildman–Crippen LogP) is 2.08. The van der Waals surface area contributed by atoms with Gasteiger partial charge in [-0.05, 0) is 50.9 Å². The van der Waals surface area contributed by atoms with E-state index < -0.39 is 36.1 Å². The van der Waals surface area contributed by atoms with Gasteiger partial charge in [0.15, 0.2) is 0 Å². The standard InChI is InChI=1S/C23H35NO6/c24-21-17(30-13-8-5-12(6-9-13)7-10-18(26)27)11-16(25)19-20(21)23(29)15-4-2-1-3-14(15)22(19)28/h12-17,19-21,25H,1-11,24H2,(H,26,27). The number of carbonyl (C=O) groups is 3. The topological polar surface area (TPSA) is 127 Å². The van der Waals surface area contributed by atoms with Crippen molar-refractivity contribution in [1.29, 1.82) is 0 Å². The molecule has 0 amide bonds. The fourth-order valence-corrected chi connectivity index (χ4v) is 6.57. The number of Topliss-reactive ketones (excluding diaryl/α,β-unsaturated/α-hetero) is 2. The molecule has 4 saturated carbocycles. The molecule has 7 heteroatoms. The third kappa shape index (κ3) is 4.21. The second kappa shape index (κ2) is 9.05. The van der Waals surface area contributed by atoms with E-state index in [1.54, 1.807) is 0 Å². The van der Waals surface area contributed by atoms with Crippen LogP contribution in [0.5, 0.6) is 0 Å². The van der Waals surface area contributed by atoms with Crippen molar-refractivity contribution in [2.24, 2.45) is 35.3 Å². The Labute approximate surface area is 177 Å². The van der Waals surface area contributed by atoms with Crippen molar-refractivity contribution < 1.29 is 29.3 Å². The van der Waals surface area contributed by atoms with E-state index in [4.69, 9.17) is 15.6 Å². The van der Waals surface area contributed by atoms with Crippen LogP contribution in [0, 0.1) is 29.6 Å². The SMILES string of the molecule is NC1C(OC2CCC(CCC(=O)O)CC2)CC(O)C2C(=O)C3CCCCC3C(=O)C12. The van der Waals surface area contributed by atoms with Crippen LogP contribution in [0.15, 0.2) is 0 Å². The van der Waals surface area contributed by atoms with Crippen LogP contribution in [-0.4, -0.2) is 52.1 Å². The van der Waals surface area contributed by atoms with Gasteiger partial charge in [0, 0.05) is 36.6 Å². The molecule has 0 aromatic carbocycles. The van der Waals surface area contributed by atoms with E-state index >= 15 is 0 Å². The highest BCUT2D eigenvalue weighted by Crippen LogP contribution is 2.47. The smallest absolute Gasteiger partial charge is 0.303 e. The maximum atomic E-state index is 13.3. The van der Waals surface area contributed by atoms with Gasteiger partial charge in [-0.3, -0.25) is 14.4 Å². The number of carbonyl (C=O) groups excluding carboxylic acids is 2. The minimum absolute atomic E-state index is 0.0164. The third-order valence-electron chi connectivity index (χ3n) is 8.20. The van der Waals surface area contributed by atoms with Crippen molar-refractivity contribution in [2.75, 3.05) is 0 Å². The van der Waals surface area contributed by atoms with Crippen LogP contribution >= 0.6 is 0 Å². The number of aliphatic hydroxyl groups excluding tert-OH is 1. The van der Waals surface area contributed by atoms with Crippen molar-refractivity contribution in [2.45, 2.75) is 95.0 Å². The number of aliphatic hydroxyl groups is 1. The molecule has 4 fully saturated rings.